The quantitative estimate of drug-likeness (QED) is 0.683. The van der Waals surface area contributed by atoms with Crippen molar-refractivity contribution in [2.75, 3.05) is 13.1 Å². The molecule has 2 aromatic rings. The fourth-order valence-electron chi connectivity index (χ4n) is 4.70. The van der Waals surface area contributed by atoms with E-state index in [0.29, 0.717) is 31.5 Å². The number of amides is 1. The monoisotopic (exact) mass is 408 g/mol. The van der Waals surface area contributed by atoms with E-state index in [-0.39, 0.29) is 11.8 Å². The highest BCUT2D eigenvalue weighted by Gasteiger charge is 2.46. The normalized spacial score (nSPS) is 22.4. The van der Waals surface area contributed by atoms with E-state index in [1.807, 2.05) is 10.3 Å². The highest BCUT2D eigenvalue weighted by Crippen LogP contribution is 2.45. The third-order valence-corrected chi connectivity index (χ3v) is 7.06. The van der Waals surface area contributed by atoms with Gasteiger partial charge in [0.1, 0.15) is 0 Å². The highest BCUT2D eigenvalue weighted by molar-refractivity contribution is 7.09. The van der Waals surface area contributed by atoms with Crippen LogP contribution >= 0.6 is 11.3 Å². The van der Waals surface area contributed by atoms with Crippen molar-refractivity contribution < 1.29 is 18.0 Å². The molecule has 1 saturated carbocycles. The largest absolute Gasteiger partial charge is 0.416 e. The lowest BCUT2D eigenvalue weighted by Gasteiger charge is -2.39. The van der Waals surface area contributed by atoms with Crippen molar-refractivity contribution >= 4 is 17.2 Å². The summed E-state index contributed by atoms with van der Waals surface area (Å²) >= 11 is 1.60. The van der Waals surface area contributed by atoms with E-state index in [1.54, 1.807) is 23.6 Å². The number of hydrogen-bond acceptors (Lipinski definition) is 3. The van der Waals surface area contributed by atoms with Crippen LogP contribution in [0.4, 0.5) is 13.2 Å². The third-order valence-electron chi connectivity index (χ3n) is 6.12. The molecule has 1 saturated heterocycles. The summed E-state index contributed by atoms with van der Waals surface area (Å²) in [6.07, 6.45) is 2.23. The topological polar surface area (TPSA) is 33.2 Å². The van der Waals surface area contributed by atoms with E-state index in [4.69, 9.17) is 0 Å². The van der Waals surface area contributed by atoms with Crippen molar-refractivity contribution in [1.29, 1.82) is 0 Å². The molecular formula is C21H23F3N2OS. The van der Waals surface area contributed by atoms with Gasteiger partial charge in [0.15, 0.2) is 0 Å². The molecule has 7 heteroatoms. The third kappa shape index (κ3) is 3.56. The summed E-state index contributed by atoms with van der Waals surface area (Å²) in [5, 5.41) is 2.98. The van der Waals surface area contributed by atoms with Gasteiger partial charge in [-0.2, -0.15) is 13.2 Å². The van der Waals surface area contributed by atoms with Crippen molar-refractivity contribution in [3.05, 3.63) is 52.0 Å². The molecule has 0 spiro atoms. The Hall–Kier alpha value is -1.89. The Morgan fingerprint density at radius 1 is 1.21 bits per heavy atom. The Morgan fingerprint density at radius 3 is 2.68 bits per heavy atom. The number of carbonyl (C=O) groups is 1. The number of alkyl halides is 3. The highest BCUT2D eigenvalue weighted by atomic mass is 32.1. The van der Waals surface area contributed by atoms with Crippen LogP contribution in [0.1, 0.15) is 60.6 Å². The first-order chi connectivity index (χ1) is 13.4. The van der Waals surface area contributed by atoms with Gasteiger partial charge in [0, 0.05) is 30.6 Å². The fourth-order valence-corrected chi connectivity index (χ4v) is 5.47. The second kappa shape index (κ2) is 7.50. The molecule has 0 bridgehead atoms. The predicted molar refractivity (Wildman–Crippen MR) is 102 cm³/mol. The number of piperidine rings is 1. The molecule has 0 radical (unpaired) electrons. The molecule has 28 heavy (non-hydrogen) atoms. The maximum absolute atomic E-state index is 13.6. The minimum absolute atomic E-state index is 0.00872. The van der Waals surface area contributed by atoms with Crippen LogP contribution < -0.4 is 0 Å². The number of nitrogens with zero attached hydrogens (tertiary/aromatic N) is 2. The minimum Gasteiger partial charge on any atom is -0.341 e. The molecule has 1 unspecified atom stereocenters. The summed E-state index contributed by atoms with van der Waals surface area (Å²) in [5.74, 6) is 0.211. The Bertz CT molecular complexity index is 828. The summed E-state index contributed by atoms with van der Waals surface area (Å²) in [6.45, 7) is 1.27. The van der Waals surface area contributed by atoms with Gasteiger partial charge in [-0.1, -0.05) is 31.0 Å². The zero-order valence-electron chi connectivity index (χ0n) is 15.5. The number of hydrogen-bond donors (Lipinski definition) is 0. The SMILES string of the molecule is O=C(N1CCCC(c2nccs2)C1)C1(c2cccc(C(F)(F)F)c2)CCCC1. The van der Waals surface area contributed by atoms with Gasteiger partial charge < -0.3 is 4.90 Å². The van der Waals surface area contributed by atoms with Gasteiger partial charge in [0.25, 0.3) is 0 Å². The summed E-state index contributed by atoms with van der Waals surface area (Å²) < 4.78 is 39.7. The Labute approximate surface area is 166 Å². The van der Waals surface area contributed by atoms with Gasteiger partial charge in [0.2, 0.25) is 5.91 Å². The molecule has 150 valence electrons. The summed E-state index contributed by atoms with van der Waals surface area (Å²) in [5.41, 5.74) is -0.990. The lowest BCUT2D eigenvalue weighted by Crippen LogP contribution is -2.49. The standard InChI is InChI=1S/C21H23F3N2OS/c22-21(23,24)17-7-3-6-16(13-17)20(8-1-2-9-20)19(27)26-11-4-5-15(14-26)18-25-10-12-28-18/h3,6-7,10,12-13,15H,1-2,4-5,8-9,11,14H2. The predicted octanol–water partition coefficient (Wildman–Crippen LogP) is 5.38. The molecule has 2 aliphatic rings. The number of halogens is 3. The van der Waals surface area contributed by atoms with Gasteiger partial charge in [-0.15, -0.1) is 11.3 Å². The minimum atomic E-state index is -4.40. The van der Waals surface area contributed by atoms with Gasteiger partial charge in [-0.05, 0) is 37.3 Å². The molecule has 2 fully saturated rings. The van der Waals surface area contributed by atoms with Crippen LogP contribution in [0.25, 0.3) is 0 Å². The molecule has 1 atom stereocenters. The first-order valence-electron chi connectivity index (χ1n) is 9.77. The molecule has 1 aromatic carbocycles. The van der Waals surface area contributed by atoms with Crippen molar-refractivity contribution in [3.8, 4) is 0 Å². The Morgan fingerprint density at radius 2 is 2.00 bits per heavy atom. The Kier molecular flexibility index (Phi) is 5.21. The van der Waals surface area contributed by atoms with Crippen molar-refractivity contribution in [1.82, 2.24) is 9.88 Å². The molecule has 3 nitrogen and oxygen atoms in total. The number of benzene rings is 1. The maximum Gasteiger partial charge on any atom is 0.416 e. The first-order valence-corrected chi connectivity index (χ1v) is 10.6. The van der Waals surface area contributed by atoms with Crippen LogP contribution in [-0.4, -0.2) is 28.9 Å². The van der Waals surface area contributed by atoms with E-state index in [1.165, 1.54) is 12.1 Å². The number of thiazole rings is 1. The zero-order valence-corrected chi connectivity index (χ0v) is 16.4. The van der Waals surface area contributed by atoms with Crippen LogP contribution in [0.15, 0.2) is 35.8 Å². The van der Waals surface area contributed by atoms with E-state index in [0.717, 1.165) is 36.8 Å². The van der Waals surface area contributed by atoms with Crippen molar-refractivity contribution in [3.63, 3.8) is 0 Å². The molecule has 1 aliphatic carbocycles. The van der Waals surface area contributed by atoms with Crippen LogP contribution in [0.3, 0.4) is 0 Å². The van der Waals surface area contributed by atoms with Crippen LogP contribution in [0.5, 0.6) is 0 Å². The molecule has 0 N–H and O–H groups in total. The van der Waals surface area contributed by atoms with Crippen LogP contribution in [0.2, 0.25) is 0 Å². The molecule has 1 aromatic heterocycles. The summed E-state index contributed by atoms with van der Waals surface area (Å²) in [7, 11) is 0. The molecule has 4 rings (SSSR count). The molecule has 1 aliphatic heterocycles. The number of rotatable bonds is 3. The number of likely N-dealkylation sites (tertiary alicyclic amines) is 1. The zero-order chi connectivity index (χ0) is 19.8. The van der Waals surface area contributed by atoms with Crippen LogP contribution in [0, 0.1) is 0 Å². The number of aromatic nitrogens is 1. The average molecular weight is 408 g/mol. The van der Waals surface area contributed by atoms with Crippen molar-refractivity contribution in [2.45, 2.75) is 56.0 Å². The van der Waals surface area contributed by atoms with Gasteiger partial charge >= 0.3 is 6.18 Å². The molecule has 1 amide bonds. The Balaban J connectivity index is 1.63. The smallest absolute Gasteiger partial charge is 0.341 e. The number of carbonyl (C=O) groups excluding carboxylic acids is 1. The van der Waals surface area contributed by atoms with E-state index in [2.05, 4.69) is 4.98 Å². The van der Waals surface area contributed by atoms with Crippen LogP contribution in [-0.2, 0) is 16.4 Å². The lowest BCUT2D eigenvalue weighted by atomic mass is 9.76. The average Bonchev–Trinajstić information content (AvgIpc) is 3.40. The van der Waals surface area contributed by atoms with Crippen molar-refractivity contribution in [2.24, 2.45) is 0 Å². The van der Waals surface area contributed by atoms with E-state index in [9.17, 15) is 18.0 Å². The lowest BCUT2D eigenvalue weighted by molar-refractivity contribution is -0.140. The van der Waals surface area contributed by atoms with Gasteiger partial charge in [-0.3, -0.25) is 4.79 Å². The summed E-state index contributed by atoms with van der Waals surface area (Å²) in [4.78, 5) is 19.9. The summed E-state index contributed by atoms with van der Waals surface area (Å²) in [6, 6.07) is 5.39. The van der Waals surface area contributed by atoms with Gasteiger partial charge in [0.05, 0.1) is 16.0 Å². The fraction of sp³-hybridized carbons (Fsp3) is 0.524. The van der Waals surface area contributed by atoms with E-state index < -0.39 is 17.2 Å². The molecule has 2 heterocycles. The first kappa shape index (κ1) is 19.4. The van der Waals surface area contributed by atoms with E-state index >= 15 is 0 Å². The van der Waals surface area contributed by atoms with Gasteiger partial charge in [-0.25, -0.2) is 4.98 Å². The maximum atomic E-state index is 13.6. The second-order valence-corrected chi connectivity index (χ2v) is 8.75. The second-order valence-electron chi connectivity index (χ2n) is 7.83. The molecular weight excluding hydrogens is 385 g/mol.